The Morgan fingerprint density at radius 1 is 1.10 bits per heavy atom. The van der Waals surface area contributed by atoms with E-state index in [0.29, 0.717) is 10.6 Å². The lowest BCUT2D eigenvalue weighted by atomic mass is 10.0. The summed E-state index contributed by atoms with van der Waals surface area (Å²) < 4.78 is 0. The van der Waals surface area contributed by atoms with Crippen LogP contribution in [-0.2, 0) is 12.8 Å². The minimum atomic E-state index is -0.0316. The van der Waals surface area contributed by atoms with E-state index in [4.69, 9.17) is 11.6 Å². The van der Waals surface area contributed by atoms with Gasteiger partial charge in [-0.1, -0.05) is 35.9 Å². The first-order valence-electron chi connectivity index (χ1n) is 6.71. The van der Waals surface area contributed by atoms with Gasteiger partial charge in [0.1, 0.15) is 0 Å². The number of pyridine rings is 1. The van der Waals surface area contributed by atoms with Gasteiger partial charge in [0, 0.05) is 25.5 Å². The Morgan fingerprint density at radius 2 is 1.75 bits per heavy atom. The van der Waals surface area contributed by atoms with Crippen molar-refractivity contribution in [3.05, 3.63) is 64.4 Å². The number of fused-ring (bicyclic) bond motifs is 1. The van der Waals surface area contributed by atoms with Gasteiger partial charge in [-0.15, -0.1) is 0 Å². The third-order valence-electron chi connectivity index (χ3n) is 3.71. The number of amides is 1. The van der Waals surface area contributed by atoms with Crippen molar-refractivity contribution in [2.24, 2.45) is 0 Å². The van der Waals surface area contributed by atoms with Crippen molar-refractivity contribution in [3.63, 3.8) is 0 Å². The lowest BCUT2D eigenvalue weighted by molar-refractivity contribution is 0.0763. The van der Waals surface area contributed by atoms with Crippen molar-refractivity contribution in [2.45, 2.75) is 12.8 Å². The molecule has 3 rings (SSSR count). The van der Waals surface area contributed by atoms with Gasteiger partial charge in [0.05, 0.1) is 10.6 Å². The normalized spacial score (nSPS) is 14.6. The zero-order valence-electron chi connectivity index (χ0n) is 11.1. The molecule has 4 heteroatoms. The van der Waals surface area contributed by atoms with Crippen LogP contribution in [0.25, 0.3) is 0 Å². The molecule has 1 aromatic carbocycles. The molecule has 20 heavy (non-hydrogen) atoms. The molecule has 2 heterocycles. The molecule has 0 aliphatic carbocycles. The molecular weight excluding hydrogens is 272 g/mol. The number of benzene rings is 1. The maximum Gasteiger partial charge on any atom is 0.256 e. The molecule has 3 nitrogen and oxygen atoms in total. The van der Waals surface area contributed by atoms with E-state index in [1.807, 2.05) is 17.0 Å². The Kier molecular flexibility index (Phi) is 3.70. The highest BCUT2D eigenvalue weighted by atomic mass is 35.5. The molecule has 1 aliphatic rings. The zero-order valence-corrected chi connectivity index (χ0v) is 11.8. The van der Waals surface area contributed by atoms with Crippen molar-refractivity contribution in [3.8, 4) is 0 Å². The Balaban J connectivity index is 1.80. The zero-order chi connectivity index (χ0) is 13.9. The Labute approximate surface area is 123 Å². The highest BCUT2D eigenvalue weighted by molar-refractivity contribution is 6.33. The maximum absolute atomic E-state index is 12.5. The van der Waals surface area contributed by atoms with E-state index in [9.17, 15) is 4.79 Å². The van der Waals surface area contributed by atoms with Gasteiger partial charge in [0.2, 0.25) is 0 Å². The third kappa shape index (κ3) is 2.54. The monoisotopic (exact) mass is 286 g/mol. The van der Waals surface area contributed by atoms with E-state index >= 15 is 0 Å². The Bertz CT molecular complexity index is 615. The first kappa shape index (κ1) is 13.1. The summed E-state index contributed by atoms with van der Waals surface area (Å²) in [5.74, 6) is -0.0316. The molecule has 0 fully saturated rings. The van der Waals surface area contributed by atoms with Crippen LogP contribution >= 0.6 is 11.6 Å². The van der Waals surface area contributed by atoms with Crippen molar-refractivity contribution in [1.82, 2.24) is 9.88 Å². The minimum Gasteiger partial charge on any atom is -0.338 e. The first-order chi connectivity index (χ1) is 9.75. The number of carbonyl (C=O) groups excluding carboxylic acids is 1. The van der Waals surface area contributed by atoms with Crippen LogP contribution in [0.5, 0.6) is 0 Å². The fraction of sp³-hybridized carbons (Fsp3) is 0.250. The minimum absolute atomic E-state index is 0.0316. The highest BCUT2D eigenvalue weighted by Crippen LogP contribution is 2.20. The van der Waals surface area contributed by atoms with E-state index in [-0.39, 0.29) is 5.91 Å². The SMILES string of the molecule is O=C(c1cnccc1Cl)N1CCc2ccccc2CC1. The molecule has 0 spiro atoms. The largest absolute Gasteiger partial charge is 0.338 e. The summed E-state index contributed by atoms with van der Waals surface area (Å²) in [4.78, 5) is 18.4. The predicted octanol–water partition coefficient (Wildman–Crippen LogP) is 2.98. The molecule has 1 aliphatic heterocycles. The molecule has 0 N–H and O–H groups in total. The molecule has 0 saturated heterocycles. The second-order valence-electron chi connectivity index (χ2n) is 4.92. The number of halogens is 1. The number of hydrogen-bond donors (Lipinski definition) is 0. The molecular formula is C16H15ClN2O. The topological polar surface area (TPSA) is 33.2 Å². The Morgan fingerprint density at radius 3 is 2.35 bits per heavy atom. The van der Waals surface area contributed by atoms with Gasteiger partial charge >= 0.3 is 0 Å². The summed E-state index contributed by atoms with van der Waals surface area (Å²) in [5, 5.41) is 0.465. The van der Waals surface area contributed by atoms with Gasteiger partial charge in [-0.05, 0) is 30.0 Å². The van der Waals surface area contributed by atoms with Crippen LogP contribution in [0.3, 0.4) is 0 Å². The molecule has 1 aromatic heterocycles. The van der Waals surface area contributed by atoms with Gasteiger partial charge < -0.3 is 4.90 Å². The van der Waals surface area contributed by atoms with Crippen LogP contribution < -0.4 is 0 Å². The standard InChI is InChI=1S/C16H15ClN2O/c17-15-5-8-18-11-14(15)16(20)19-9-6-12-3-1-2-4-13(12)7-10-19/h1-5,8,11H,6-7,9-10H2. The molecule has 0 bridgehead atoms. The lowest BCUT2D eigenvalue weighted by Crippen LogP contribution is -2.33. The van der Waals surface area contributed by atoms with Crippen LogP contribution in [0.4, 0.5) is 0 Å². The van der Waals surface area contributed by atoms with E-state index in [1.54, 1.807) is 18.5 Å². The maximum atomic E-state index is 12.5. The molecule has 2 aromatic rings. The van der Waals surface area contributed by atoms with Gasteiger partial charge in [-0.2, -0.15) is 0 Å². The number of nitrogens with zero attached hydrogens (tertiary/aromatic N) is 2. The summed E-state index contributed by atoms with van der Waals surface area (Å²) in [6.07, 6.45) is 4.92. The second-order valence-corrected chi connectivity index (χ2v) is 5.32. The third-order valence-corrected chi connectivity index (χ3v) is 4.04. The van der Waals surface area contributed by atoms with E-state index in [2.05, 4.69) is 17.1 Å². The van der Waals surface area contributed by atoms with Crippen molar-refractivity contribution >= 4 is 17.5 Å². The Hall–Kier alpha value is -1.87. The number of rotatable bonds is 1. The van der Waals surface area contributed by atoms with E-state index in [1.165, 1.54) is 11.1 Å². The highest BCUT2D eigenvalue weighted by Gasteiger charge is 2.21. The molecule has 1 amide bonds. The summed E-state index contributed by atoms with van der Waals surface area (Å²) in [6.45, 7) is 1.45. The van der Waals surface area contributed by atoms with Crippen molar-refractivity contribution in [1.29, 1.82) is 0 Å². The molecule has 0 radical (unpaired) electrons. The fourth-order valence-corrected chi connectivity index (χ4v) is 2.76. The predicted molar refractivity (Wildman–Crippen MR) is 79.0 cm³/mol. The molecule has 102 valence electrons. The summed E-state index contributed by atoms with van der Waals surface area (Å²) in [7, 11) is 0. The van der Waals surface area contributed by atoms with Crippen LogP contribution in [0, 0.1) is 0 Å². The lowest BCUT2D eigenvalue weighted by Gasteiger charge is -2.20. The summed E-state index contributed by atoms with van der Waals surface area (Å²) in [5.41, 5.74) is 3.15. The fourth-order valence-electron chi connectivity index (χ4n) is 2.58. The van der Waals surface area contributed by atoms with Crippen LogP contribution in [0.1, 0.15) is 21.5 Å². The average Bonchev–Trinajstić information content (AvgIpc) is 2.70. The summed E-state index contributed by atoms with van der Waals surface area (Å²) in [6, 6.07) is 10.0. The quantitative estimate of drug-likeness (QED) is 0.807. The van der Waals surface area contributed by atoms with Gasteiger partial charge in [-0.3, -0.25) is 9.78 Å². The van der Waals surface area contributed by atoms with Gasteiger partial charge in [-0.25, -0.2) is 0 Å². The van der Waals surface area contributed by atoms with E-state index < -0.39 is 0 Å². The van der Waals surface area contributed by atoms with Crippen molar-refractivity contribution in [2.75, 3.05) is 13.1 Å². The van der Waals surface area contributed by atoms with Crippen LogP contribution in [0.15, 0.2) is 42.7 Å². The van der Waals surface area contributed by atoms with Crippen LogP contribution in [-0.4, -0.2) is 28.9 Å². The first-order valence-corrected chi connectivity index (χ1v) is 7.09. The molecule has 0 unspecified atom stereocenters. The number of aromatic nitrogens is 1. The molecule has 0 saturated carbocycles. The van der Waals surface area contributed by atoms with Gasteiger partial charge in [0.25, 0.3) is 5.91 Å². The van der Waals surface area contributed by atoms with E-state index in [0.717, 1.165) is 25.9 Å². The van der Waals surface area contributed by atoms with Crippen molar-refractivity contribution < 1.29 is 4.79 Å². The average molecular weight is 287 g/mol. The summed E-state index contributed by atoms with van der Waals surface area (Å²) >= 11 is 6.08. The second kappa shape index (κ2) is 5.63. The smallest absolute Gasteiger partial charge is 0.256 e. The number of hydrogen-bond acceptors (Lipinski definition) is 2. The molecule has 0 atom stereocenters. The number of carbonyl (C=O) groups is 1. The van der Waals surface area contributed by atoms with Crippen LogP contribution in [0.2, 0.25) is 5.02 Å². The van der Waals surface area contributed by atoms with Gasteiger partial charge in [0.15, 0.2) is 0 Å².